The van der Waals surface area contributed by atoms with Gasteiger partial charge in [-0.1, -0.05) is 24.3 Å². The molecule has 0 heterocycles. The molecule has 0 aliphatic rings. The van der Waals surface area contributed by atoms with E-state index in [1.165, 1.54) is 12.1 Å². The number of nitrogens with zero attached hydrogens (tertiary/aromatic N) is 2. The van der Waals surface area contributed by atoms with Crippen LogP contribution in [0.15, 0.2) is 49.6 Å². The van der Waals surface area contributed by atoms with E-state index in [1.54, 1.807) is 24.3 Å². The fourth-order valence-corrected chi connectivity index (χ4v) is 2.08. The number of nitro benzene ring substituents is 1. The zero-order valence-corrected chi connectivity index (χ0v) is 11.4. The zero-order valence-electron chi connectivity index (χ0n) is 10.7. The Morgan fingerprint density at radius 3 is 2.53 bits per heavy atom. The number of hydrogen-bond acceptors (Lipinski definition) is 3. The molecular weight excluding hydrogens is 264 g/mol. The fraction of sp³-hybridized carbons (Fsp3) is 0.286. The maximum Gasteiger partial charge on any atom is 0.269 e. The van der Waals surface area contributed by atoms with Crippen molar-refractivity contribution in [2.75, 3.05) is 19.6 Å². The molecule has 0 aromatic heterocycles. The van der Waals surface area contributed by atoms with Crippen LogP contribution in [0, 0.1) is 10.1 Å². The first-order valence-electron chi connectivity index (χ1n) is 5.91. The van der Waals surface area contributed by atoms with Gasteiger partial charge < -0.3 is 0 Å². The Labute approximate surface area is 118 Å². The van der Waals surface area contributed by atoms with Crippen molar-refractivity contribution in [2.45, 2.75) is 5.38 Å². The Hall–Kier alpha value is -1.65. The predicted molar refractivity (Wildman–Crippen MR) is 78.5 cm³/mol. The summed E-state index contributed by atoms with van der Waals surface area (Å²) in [5.74, 6) is 0. The van der Waals surface area contributed by atoms with Crippen LogP contribution in [-0.2, 0) is 0 Å². The topological polar surface area (TPSA) is 46.4 Å². The van der Waals surface area contributed by atoms with Crippen LogP contribution in [-0.4, -0.2) is 29.5 Å². The molecule has 1 rings (SSSR count). The van der Waals surface area contributed by atoms with E-state index in [0.717, 1.165) is 5.56 Å². The summed E-state index contributed by atoms with van der Waals surface area (Å²) in [5, 5.41) is 10.4. The summed E-state index contributed by atoms with van der Waals surface area (Å²) in [6, 6.07) is 6.41. The zero-order chi connectivity index (χ0) is 14.3. The first-order valence-corrected chi connectivity index (χ1v) is 6.34. The molecule has 0 fully saturated rings. The molecule has 0 aliphatic carbocycles. The van der Waals surface area contributed by atoms with Gasteiger partial charge in [-0.15, -0.1) is 24.8 Å². The largest absolute Gasteiger partial charge is 0.294 e. The van der Waals surface area contributed by atoms with Crippen LogP contribution in [0.25, 0.3) is 0 Å². The van der Waals surface area contributed by atoms with Crippen molar-refractivity contribution < 1.29 is 4.92 Å². The lowest BCUT2D eigenvalue weighted by Crippen LogP contribution is -2.27. The highest BCUT2D eigenvalue weighted by Gasteiger charge is 2.15. The predicted octanol–water partition coefficient (Wildman–Crippen LogP) is 3.55. The van der Waals surface area contributed by atoms with E-state index in [-0.39, 0.29) is 11.1 Å². The summed E-state index contributed by atoms with van der Waals surface area (Å²) in [7, 11) is 0. The molecule has 1 aromatic rings. The van der Waals surface area contributed by atoms with E-state index >= 15 is 0 Å². The lowest BCUT2D eigenvalue weighted by atomic mass is 10.1. The number of nitro groups is 1. The van der Waals surface area contributed by atoms with Crippen LogP contribution in [0.3, 0.4) is 0 Å². The molecule has 19 heavy (non-hydrogen) atoms. The summed E-state index contributed by atoms with van der Waals surface area (Å²) in [4.78, 5) is 12.4. The molecule has 4 nitrogen and oxygen atoms in total. The van der Waals surface area contributed by atoms with Gasteiger partial charge in [0.2, 0.25) is 0 Å². The van der Waals surface area contributed by atoms with Crippen LogP contribution >= 0.6 is 11.6 Å². The molecule has 0 aliphatic heterocycles. The van der Waals surface area contributed by atoms with Gasteiger partial charge in [0.25, 0.3) is 5.69 Å². The highest BCUT2D eigenvalue weighted by molar-refractivity contribution is 6.21. The molecule has 0 saturated carbocycles. The molecule has 0 amide bonds. The lowest BCUT2D eigenvalue weighted by Gasteiger charge is -2.22. The lowest BCUT2D eigenvalue weighted by molar-refractivity contribution is -0.384. The van der Waals surface area contributed by atoms with Gasteiger partial charge in [-0.2, -0.15) is 0 Å². The number of hydrogen-bond donors (Lipinski definition) is 0. The number of alkyl halides is 1. The molecule has 102 valence electrons. The summed E-state index contributed by atoms with van der Waals surface area (Å²) < 4.78 is 0. The van der Waals surface area contributed by atoms with Crippen LogP contribution in [0.5, 0.6) is 0 Å². The Morgan fingerprint density at radius 1 is 1.37 bits per heavy atom. The summed E-state index contributed by atoms with van der Waals surface area (Å²) in [5.41, 5.74) is 0.802. The second-order valence-electron chi connectivity index (χ2n) is 4.12. The van der Waals surface area contributed by atoms with Crippen molar-refractivity contribution in [3.05, 3.63) is 65.3 Å². The second kappa shape index (κ2) is 7.71. The normalized spacial score (nSPS) is 12.1. The van der Waals surface area contributed by atoms with Gasteiger partial charge >= 0.3 is 0 Å². The standard InChI is InChI=1S/C14H17ClN2O2/c1-3-8-16(9-4-2)11-14(15)12-6-5-7-13(10-12)17(18)19/h3-7,10,14H,1-2,8-9,11H2. The Morgan fingerprint density at radius 2 is 2.00 bits per heavy atom. The van der Waals surface area contributed by atoms with Crippen molar-refractivity contribution in [1.29, 1.82) is 0 Å². The van der Waals surface area contributed by atoms with Gasteiger partial charge in [0.1, 0.15) is 0 Å². The minimum atomic E-state index is -0.418. The van der Waals surface area contributed by atoms with Gasteiger partial charge in [0.05, 0.1) is 10.3 Å². The smallest absolute Gasteiger partial charge is 0.269 e. The molecule has 1 atom stereocenters. The van der Waals surface area contributed by atoms with E-state index < -0.39 is 4.92 Å². The third-order valence-electron chi connectivity index (χ3n) is 2.64. The van der Waals surface area contributed by atoms with E-state index in [9.17, 15) is 10.1 Å². The van der Waals surface area contributed by atoms with Crippen LogP contribution < -0.4 is 0 Å². The second-order valence-corrected chi connectivity index (χ2v) is 4.64. The van der Waals surface area contributed by atoms with Gasteiger partial charge in [-0.25, -0.2) is 0 Å². The maximum atomic E-state index is 10.7. The van der Waals surface area contributed by atoms with Gasteiger partial charge in [0, 0.05) is 31.8 Å². The first-order chi connectivity index (χ1) is 9.08. The van der Waals surface area contributed by atoms with Gasteiger partial charge in [-0.05, 0) is 5.56 Å². The monoisotopic (exact) mass is 280 g/mol. The van der Waals surface area contributed by atoms with Crippen molar-refractivity contribution in [1.82, 2.24) is 4.90 Å². The molecular formula is C14H17ClN2O2. The Balaban J connectivity index is 2.78. The van der Waals surface area contributed by atoms with Crippen molar-refractivity contribution in [2.24, 2.45) is 0 Å². The SMILES string of the molecule is C=CCN(CC=C)CC(Cl)c1cccc([N+](=O)[O-])c1. The van der Waals surface area contributed by atoms with E-state index in [4.69, 9.17) is 11.6 Å². The van der Waals surface area contributed by atoms with Crippen LogP contribution in [0.2, 0.25) is 0 Å². The van der Waals surface area contributed by atoms with Crippen LogP contribution in [0.4, 0.5) is 5.69 Å². The van der Waals surface area contributed by atoms with Crippen molar-refractivity contribution in [3.8, 4) is 0 Å². The quantitative estimate of drug-likeness (QED) is 0.317. The third kappa shape index (κ3) is 4.85. The van der Waals surface area contributed by atoms with Crippen LogP contribution in [0.1, 0.15) is 10.9 Å². The summed E-state index contributed by atoms with van der Waals surface area (Å²) >= 11 is 6.32. The number of benzene rings is 1. The minimum absolute atomic E-state index is 0.0575. The molecule has 0 spiro atoms. The molecule has 1 unspecified atom stereocenters. The van der Waals surface area contributed by atoms with Gasteiger partial charge in [-0.3, -0.25) is 15.0 Å². The molecule has 0 saturated heterocycles. The number of non-ortho nitro benzene ring substituents is 1. The Bertz CT molecular complexity index is 453. The average molecular weight is 281 g/mol. The number of rotatable bonds is 8. The highest BCUT2D eigenvalue weighted by atomic mass is 35.5. The molecule has 0 bridgehead atoms. The van der Waals surface area contributed by atoms with Crippen molar-refractivity contribution >= 4 is 17.3 Å². The minimum Gasteiger partial charge on any atom is -0.294 e. The fourth-order valence-electron chi connectivity index (χ4n) is 1.75. The van der Waals surface area contributed by atoms with E-state index in [2.05, 4.69) is 18.1 Å². The maximum absolute atomic E-state index is 10.7. The van der Waals surface area contributed by atoms with Crippen molar-refractivity contribution in [3.63, 3.8) is 0 Å². The van der Waals surface area contributed by atoms with E-state index in [1.807, 2.05) is 0 Å². The summed E-state index contributed by atoms with van der Waals surface area (Å²) in [6.07, 6.45) is 3.58. The summed E-state index contributed by atoms with van der Waals surface area (Å²) in [6.45, 7) is 9.36. The third-order valence-corrected chi connectivity index (χ3v) is 3.03. The number of halogens is 1. The van der Waals surface area contributed by atoms with Gasteiger partial charge in [0.15, 0.2) is 0 Å². The average Bonchev–Trinajstić information content (AvgIpc) is 2.39. The first kappa shape index (κ1) is 15.4. The molecule has 1 aromatic carbocycles. The van der Waals surface area contributed by atoms with E-state index in [0.29, 0.717) is 19.6 Å². The Kier molecular flexibility index (Phi) is 6.25. The highest BCUT2D eigenvalue weighted by Crippen LogP contribution is 2.25. The molecule has 0 radical (unpaired) electrons. The molecule has 0 N–H and O–H groups in total. The molecule has 5 heteroatoms.